The maximum Gasteiger partial charge on any atom is 0.260 e. The molecule has 17 rings (SSSR count). The third kappa shape index (κ3) is 5.35. The van der Waals surface area contributed by atoms with Gasteiger partial charge in [-0.15, -0.1) is 0 Å². The molecule has 11 aromatic carbocycles. The van der Waals surface area contributed by atoms with Crippen molar-refractivity contribution in [3.8, 4) is 51.6 Å². The van der Waals surface area contributed by atoms with Gasteiger partial charge in [0.05, 0.1) is 38.8 Å². The summed E-state index contributed by atoms with van der Waals surface area (Å²) < 4.78 is 28.9. The van der Waals surface area contributed by atoms with E-state index in [4.69, 9.17) is 14.2 Å². The number of ether oxygens (including phenoxy) is 3. The normalized spacial score (nSPS) is 13.1. The lowest BCUT2D eigenvalue weighted by atomic mass is 9.31. The molecule has 3 aromatic heterocycles. The summed E-state index contributed by atoms with van der Waals surface area (Å²) in [6.07, 6.45) is 0. The molecule has 14 aromatic rings. The molecule has 3 aliphatic rings. The molecule has 0 bridgehead atoms. The van der Waals surface area contributed by atoms with Gasteiger partial charge in [0, 0.05) is 60.7 Å². The Morgan fingerprint density at radius 3 is 1.24 bits per heavy atom. The van der Waals surface area contributed by atoms with Crippen LogP contribution in [0.2, 0.25) is 0 Å². The molecule has 0 spiro atoms. The zero-order chi connectivity index (χ0) is 48.2. The monoisotopic (exact) mass is 943 g/mol. The standard InChI is InChI=1S/C66H39B2N3O3/c1-10-28-52-41(18-1)42-19-2-11-29-53(42)70(52)56-32-14-6-24-47(56)67-48-25-7-15-34-58(48)72-61-39-62-64-66(63(61)67)74-60-37-36-40(38-50(60)68(64)49-26-8-16-35-59(49)73-62)69-51-27-9-5-22-45(51)46-23-17-33-57(65(46)69)71-54-30-12-3-20-43(54)44-21-4-13-31-55(44)71/h1-39H. The highest BCUT2D eigenvalue weighted by Crippen LogP contribution is 2.43. The molecule has 74 heavy (non-hydrogen) atoms. The first-order valence-electron chi connectivity index (χ1n) is 25.4. The van der Waals surface area contributed by atoms with Crippen molar-refractivity contribution in [2.24, 2.45) is 0 Å². The molecule has 0 fully saturated rings. The van der Waals surface area contributed by atoms with Crippen molar-refractivity contribution in [1.29, 1.82) is 0 Å². The summed E-state index contributed by atoms with van der Waals surface area (Å²) in [5.41, 5.74) is 16.6. The van der Waals surface area contributed by atoms with Gasteiger partial charge < -0.3 is 27.9 Å². The van der Waals surface area contributed by atoms with Crippen molar-refractivity contribution >= 4 is 112 Å². The third-order valence-electron chi connectivity index (χ3n) is 16.1. The van der Waals surface area contributed by atoms with E-state index in [1.807, 2.05) is 0 Å². The van der Waals surface area contributed by atoms with Crippen molar-refractivity contribution in [2.75, 3.05) is 0 Å². The minimum atomic E-state index is -0.262. The second-order valence-corrected chi connectivity index (χ2v) is 19.8. The molecule has 0 atom stereocenters. The van der Waals surface area contributed by atoms with Crippen LogP contribution in [0.5, 0.6) is 34.5 Å². The summed E-state index contributed by atoms with van der Waals surface area (Å²) in [6.45, 7) is -0.476. The van der Waals surface area contributed by atoms with Crippen molar-refractivity contribution in [2.45, 2.75) is 0 Å². The zero-order valence-corrected chi connectivity index (χ0v) is 39.7. The van der Waals surface area contributed by atoms with Crippen molar-refractivity contribution in [3.05, 3.63) is 237 Å². The third-order valence-corrected chi connectivity index (χ3v) is 16.1. The second kappa shape index (κ2) is 14.9. The summed E-state index contributed by atoms with van der Waals surface area (Å²) in [5.74, 6) is 4.68. The highest BCUT2D eigenvalue weighted by molar-refractivity contribution is 7.01. The first kappa shape index (κ1) is 40.0. The molecule has 0 unspecified atom stereocenters. The maximum atomic E-state index is 7.52. The van der Waals surface area contributed by atoms with Crippen LogP contribution in [0.4, 0.5) is 0 Å². The van der Waals surface area contributed by atoms with E-state index in [0.29, 0.717) is 0 Å². The summed E-state index contributed by atoms with van der Waals surface area (Å²) in [5, 5.41) is 7.29. The molecular weight excluding hydrogens is 904 g/mol. The largest absolute Gasteiger partial charge is 0.459 e. The summed E-state index contributed by atoms with van der Waals surface area (Å²) in [7, 11) is 0. The highest BCUT2D eigenvalue weighted by Gasteiger charge is 2.46. The van der Waals surface area contributed by atoms with Crippen LogP contribution < -0.4 is 47.0 Å². The number of para-hydroxylation sites is 9. The van der Waals surface area contributed by atoms with Gasteiger partial charge >= 0.3 is 0 Å². The average Bonchev–Trinajstić information content (AvgIpc) is 4.11. The lowest BCUT2D eigenvalue weighted by Crippen LogP contribution is -2.62. The Labute approximate surface area is 425 Å². The van der Waals surface area contributed by atoms with Gasteiger partial charge in [-0.1, -0.05) is 158 Å². The molecule has 0 radical (unpaired) electrons. The van der Waals surface area contributed by atoms with Gasteiger partial charge in [-0.3, -0.25) is 0 Å². The first-order chi connectivity index (χ1) is 36.7. The molecule has 0 saturated carbocycles. The van der Waals surface area contributed by atoms with E-state index < -0.39 is 0 Å². The fourth-order valence-electron chi connectivity index (χ4n) is 13.1. The number of nitrogens with zero attached hydrogens (tertiary/aromatic N) is 3. The number of hydrogen-bond acceptors (Lipinski definition) is 3. The molecule has 8 heteroatoms. The average molecular weight is 944 g/mol. The molecule has 0 N–H and O–H groups in total. The van der Waals surface area contributed by atoms with E-state index in [9.17, 15) is 0 Å². The van der Waals surface area contributed by atoms with Gasteiger partial charge in [-0.05, 0) is 94.6 Å². The van der Waals surface area contributed by atoms with Crippen LogP contribution in [0.3, 0.4) is 0 Å². The van der Waals surface area contributed by atoms with Crippen LogP contribution >= 0.6 is 0 Å². The zero-order valence-electron chi connectivity index (χ0n) is 39.7. The van der Waals surface area contributed by atoms with Gasteiger partial charge in [-0.25, -0.2) is 0 Å². The number of aromatic nitrogens is 3. The molecular formula is C66H39B2N3O3. The fourth-order valence-corrected chi connectivity index (χ4v) is 13.1. The summed E-state index contributed by atoms with van der Waals surface area (Å²) in [6, 6.07) is 85.2. The SMILES string of the molecule is c1ccc2c(c1)Oc1cc3c(c4c1B2c1cc(-n2c5ccccc5c5cccc(-n6c7ccccc7c7ccccc76)c52)ccc1O4)B(c1ccccc1-n1c2ccccc2c2ccccc21)c1ccccc1O3. The predicted octanol–water partition coefficient (Wildman–Crippen LogP) is 12.3. The van der Waals surface area contributed by atoms with Crippen molar-refractivity contribution in [1.82, 2.24) is 13.7 Å². The first-order valence-corrected chi connectivity index (χ1v) is 25.4. The van der Waals surface area contributed by atoms with Crippen LogP contribution in [-0.4, -0.2) is 27.1 Å². The van der Waals surface area contributed by atoms with E-state index in [2.05, 4.69) is 250 Å². The smallest absolute Gasteiger partial charge is 0.260 e. The summed E-state index contributed by atoms with van der Waals surface area (Å²) in [4.78, 5) is 0. The predicted molar refractivity (Wildman–Crippen MR) is 305 cm³/mol. The topological polar surface area (TPSA) is 42.5 Å². The Morgan fingerprint density at radius 2 is 0.676 bits per heavy atom. The molecule has 0 amide bonds. The van der Waals surface area contributed by atoms with Crippen LogP contribution in [0.25, 0.3) is 82.5 Å². The molecule has 6 nitrogen and oxygen atoms in total. The maximum absolute atomic E-state index is 7.52. The molecule has 3 aliphatic heterocycles. The second-order valence-electron chi connectivity index (χ2n) is 19.8. The van der Waals surface area contributed by atoms with E-state index in [0.717, 1.165) is 106 Å². The Bertz CT molecular complexity index is 4650. The van der Waals surface area contributed by atoms with E-state index in [1.165, 1.54) is 43.4 Å². The van der Waals surface area contributed by atoms with Crippen LogP contribution in [-0.2, 0) is 0 Å². The quantitative estimate of drug-likeness (QED) is 0.165. The van der Waals surface area contributed by atoms with Crippen molar-refractivity contribution < 1.29 is 14.2 Å². The molecule has 6 heterocycles. The van der Waals surface area contributed by atoms with Gasteiger partial charge in [0.15, 0.2) is 0 Å². The van der Waals surface area contributed by atoms with Crippen LogP contribution in [0.15, 0.2) is 237 Å². The Hall–Kier alpha value is -9.65. The van der Waals surface area contributed by atoms with Crippen molar-refractivity contribution in [3.63, 3.8) is 0 Å². The number of benzene rings is 11. The van der Waals surface area contributed by atoms with Gasteiger partial charge in [0.1, 0.15) is 34.5 Å². The highest BCUT2D eigenvalue weighted by atomic mass is 16.5. The van der Waals surface area contributed by atoms with Crippen LogP contribution in [0, 0.1) is 0 Å². The minimum absolute atomic E-state index is 0.214. The lowest BCUT2D eigenvalue weighted by Gasteiger charge is -2.37. The summed E-state index contributed by atoms with van der Waals surface area (Å²) >= 11 is 0. The van der Waals surface area contributed by atoms with Gasteiger partial charge in [0.25, 0.3) is 13.4 Å². The molecule has 342 valence electrons. The van der Waals surface area contributed by atoms with Gasteiger partial charge in [0.2, 0.25) is 0 Å². The number of fused-ring (bicyclic) bond motifs is 16. The Balaban J connectivity index is 0.909. The molecule has 0 saturated heterocycles. The van der Waals surface area contributed by atoms with Crippen LogP contribution in [0.1, 0.15) is 0 Å². The molecule has 0 aliphatic carbocycles. The fraction of sp³-hybridized carbons (Fsp3) is 0. The van der Waals surface area contributed by atoms with E-state index in [-0.39, 0.29) is 13.4 Å². The Kier molecular flexibility index (Phi) is 8.08. The lowest BCUT2D eigenvalue weighted by molar-refractivity contribution is 0.447. The van der Waals surface area contributed by atoms with E-state index in [1.54, 1.807) is 0 Å². The number of hydrogen-bond donors (Lipinski definition) is 0. The Morgan fingerprint density at radius 1 is 0.270 bits per heavy atom. The minimum Gasteiger partial charge on any atom is -0.459 e. The number of rotatable bonds is 4. The van der Waals surface area contributed by atoms with Gasteiger partial charge in [-0.2, -0.15) is 0 Å². The van der Waals surface area contributed by atoms with E-state index >= 15 is 0 Å².